The number of benzene rings is 1. The van der Waals surface area contributed by atoms with E-state index >= 15 is 0 Å². The number of anilines is 3. The van der Waals surface area contributed by atoms with Gasteiger partial charge in [-0.1, -0.05) is 17.7 Å². The van der Waals surface area contributed by atoms with Gasteiger partial charge < -0.3 is 21.3 Å². The van der Waals surface area contributed by atoms with Crippen molar-refractivity contribution in [2.24, 2.45) is 11.7 Å². The highest BCUT2D eigenvalue weighted by Gasteiger charge is 2.35. The fourth-order valence-electron chi connectivity index (χ4n) is 3.90. The summed E-state index contributed by atoms with van der Waals surface area (Å²) in [5, 5.41) is 5.74. The lowest BCUT2D eigenvalue weighted by atomic mass is 9.92. The Kier molecular flexibility index (Phi) is 5.64. The van der Waals surface area contributed by atoms with Crippen molar-refractivity contribution in [2.45, 2.75) is 25.2 Å². The summed E-state index contributed by atoms with van der Waals surface area (Å²) >= 11 is 5.95. The highest BCUT2D eigenvalue weighted by molar-refractivity contribution is 6.30. The second-order valence-corrected chi connectivity index (χ2v) is 8.06. The molecule has 2 aromatic rings. The maximum Gasteiger partial charge on any atom is 0.258 e. The highest BCUT2D eigenvalue weighted by Crippen LogP contribution is 2.31. The van der Waals surface area contributed by atoms with Crippen LogP contribution in [0, 0.1) is 5.92 Å². The molecular weight excluding hydrogens is 424 g/mol. The molecule has 3 heterocycles. The maximum absolute atomic E-state index is 12.9. The normalized spacial score (nSPS) is 18.8. The second kappa shape index (κ2) is 8.38. The Morgan fingerprint density at radius 3 is 2.65 bits per heavy atom. The van der Waals surface area contributed by atoms with Crippen LogP contribution in [0.15, 0.2) is 29.1 Å². The van der Waals surface area contributed by atoms with Crippen molar-refractivity contribution in [2.75, 3.05) is 28.6 Å². The summed E-state index contributed by atoms with van der Waals surface area (Å²) in [5.41, 5.74) is 5.44. The molecule has 11 heteroatoms. The van der Waals surface area contributed by atoms with Gasteiger partial charge in [-0.05, 0) is 31.0 Å². The zero-order valence-electron chi connectivity index (χ0n) is 16.5. The molecule has 1 aromatic heterocycles. The van der Waals surface area contributed by atoms with Crippen molar-refractivity contribution in [3.8, 4) is 0 Å². The molecule has 2 aliphatic heterocycles. The zero-order chi connectivity index (χ0) is 22.1. The van der Waals surface area contributed by atoms with Gasteiger partial charge >= 0.3 is 0 Å². The predicted molar refractivity (Wildman–Crippen MR) is 115 cm³/mol. The van der Waals surface area contributed by atoms with Crippen LogP contribution in [0.2, 0.25) is 5.02 Å². The number of primary amides is 1. The molecule has 1 saturated heterocycles. The Morgan fingerprint density at radius 1 is 1.23 bits per heavy atom. The number of fused-ring (bicyclic) bond motifs is 1. The van der Waals surface area contributed by atoms with Crippen LogP contribution in [0.5, 0.6) is 0 Å². The van der Waals surface area contributed by atoms with Crippen molar-refractivity contribution >= 4 is 46.8 Å². The summed E-state index contributed by atoms with van der Waals surface area (Å²) in [6.45, 7) is 0.976. The Hall–Kier alpha value is -3.40. The summed E-state index contributed by atoms with van der Waals surface area (Å²) in [7, 11) is 0. The summed E-state index contributed by atoms with van der Waals surface area (Å²) in [4.78, 5) is 58.3. The number of rotatable bonds is 4. The van der Waals surface area contributed by atoms with Crippen molar-refractivity contribution in [3.05, 3.63) is 45.2 Å². The van der Waals surface area contributed by atoms with E-state index in [9.17, 15) is 19.2 Å². The van der Waals surface area contributed by atoms with Crippen LogP contribution in [-0.2, 0) is 14.4 Å². The lowest BCUT2D eigenvalue weighted by Gasteiger charge is -2.32. The first-order valence-electron chi connectivity index (χ1n) is 9.86. The highest BCUT2D eigenvalue weighted by atomic mass is 35.5. The number of nitrogens with one attached hydrogen (secondary N) is 3. The topological polar surface area (TPSA) is 150 Å². The number of carbonyl (C=O) groups is 3. The van der Waals surface area contributed by atoms with Crippen LogP contribution < -0.4 is 26.8 Å². The van der Waals surface area contributed by atoms with E-state index in [4.69, 9.17) is 17.3 Å². The van der Waals surface area contributed by atoms with E-state index in [-0.39, 0.29) is 35.6 Å². The molecule has 31 heavy (non-hydrogen) atoms. The number of halogens is 1. The lowest BCUT2D eigenvalue weighted by Crippen LogP contribution is -2.41. The molecule has 0 saturated carbocycles. The molecule has 162 valence electrons. The molecule has 1 unspecified atom stereocenters. The zero-order valence-corrected chi connectivity index (χ0v) is 17.2. The maximum atomic E-state index is 12.9. The molecule has 0 radical (unpaired) electrons. The molecular formula is C20H21ClN6O4. The van der Waals surface area contributed by atoms with Gasteiger partial charge in [-0.25, -0.2) is 0 Å². The number of aromatic amines is 1. The van der Waals surface area contributed by atoms with Gasteiger partial charge in [0.2, 0.25) is 23.7 Å². The summed E-state index contributed by atoms with van der Waals surface area (Å²) in [5.74, 6) is -2.10. The third-order valence-corrected chi connectivity index (χ3v) is 5.78. The number of piperidine rings is 1. The molecule has 2 aliphatic rings. The van der Waals surface area contributed by atoms with Crippen LogP contribution in [0.3, 0.4) is 0 Å². The van der Waals surface area contributed by atoms with Gasteiger partial charge in [-0.3, -0.25) is 24.2 Å². The third-order valence-electron chi connectivity index (χ3n) is 5.54. The summed E-state index contributed by atoms with van der Waals surface area (Å²) < 4.78 is 0. The fraction of sp³-hybridized carbons (Fsp3) is 0.350. The van der Waals surface area contributed by atoms with Gasteiger partial charge in [0.25, 0.3) is 5.56 Å². The number of nitrogens with zero attached hydrogens (tertiary/aromatic N) is 2. The smallest absolute Gasteiger partial charge is 0.258 e. The van der Waals surface area contributed by atoms with E-state index in [1.165, 1.54) is 0 Å². The standard InChI is InChI=1S/C20H21ClN6O4/c21-11-2-1-3-12(8-11)23-18(30)13-9-14(28)24-17-15(13)19(31)26-20(25-17)27-6-4-10(5-7-27)16(22)29/h1-3,8,10,13H,4-7,9H2,(H2,22,29)(H,23,30)(H2,24,25,26,28,31). The minimum Gasteiger partial charge on any atom is -0.369 e. The molecule has 4 rings (SSSR count). The Balaban J connectivity index is 1.59. The van der Waals surface area contributed by atoms with Gasteiger partial charge in [0, 0.05) is 36.1 Å². The molecule has 1 aromatic carbocycles. The number of hydrogen-bond donors (Lipinski definition) is 4. The first-order valence-corrected chi connectivity index (χ1v) is 10.2. The van der Waals surface area contributed by atoms with E-state index in [0.29, 0.717) is 36.6 Å². The Labute approximate surface area is 182 Å². The molecule has 0 bridgehead atoms. The molecule has 0 spiro atoms. The van der Waals surface area contributed by atoms with Crippen molar-refractivity contribution in [1.82, 2.24) is 9.97 Å². The van der Waals surface area contributed by atoms with Crippen molar-refractivity contribution in [1.29, 1.82) is 0 Å². The van der Waals surface area contributed by atoms with Crippen LogP contribution in [0.25, 0.3) is 0 Å². The van der Waals surface area contributed by atoms with Crippen LogP contribution in [0.1, 0.15) is 30.7 Å². The number of nitrogens with two attached hydrogens (primary N) is 1. The number of carbonyl (C=O) groups excluding carboxylic acids is 3. The van der Waals surface area contributed by atoms with E-state index in [1.54, 1.807) is 24.3 Å². The van der Waals surface area contributed by atoms with Crippen LogP contribution in [-0.4, -0.2) is 40.8 Å². The molecule has 1 fully saturated rings. The first-order chi connectivity index (χ1) is 14.8. The van der Waals surface area contributed by atoms with Gasteiger partial charge in [0.1, 0.15) is 5.82 Å². The van der Waals surface area contributed by atoms with Crippen molar-refractivity contribution in [3.63, 3.8) is 0 Å². The van der Waals surface area contributed by atoms with Crippen LogP contribution in [0.4, 0.5) is 17.5 Å². The molecule has 0 aliphatic carbocycles. The number of amides is 3. The first kappa shape index (κ1) is 20.9. The van der Waals surface area contributed by atoms with E-state index < -0.39 is 23.3 Å². The van der Waals surface area contributed by atoms with E-state index in [1.807, 2.05) is 4.90 Å². The minimum atomic E-state index is -0.992. The van der Waals surface area contributed by atoms with E-state index in [0.717, 1.165) is 0 Å². The number of H-pyrrole nitrogens is 1. The monoisotopic (exact) mass is 444 g/mol. The second-order valence-electron chi connectivity index (χ2n) is 7.62. The summed E-state index contributed by atoms with van der Waals surface area (Å²) in [6, 6.07) is 6.59. The molecule has 3 amide bonds. The molecule has 5 N–H and O–H groups in total. The van der Waals surface area contributed by atoms with Crippen LogP contribution >= 0.6 is 11.6 Å². The molecule has 10 nitrogen and oxygen atoms in total. The Bertz CT molecular complexity index is 1110. The van der Waals surface area contributed by atoms with E-state index in [2.05, 4.69) is 20.6 Å². The lowest BCUT2D eigenvalue weighted by molar-refractivity contribution is -0.123. The van der Waals surface area contributed by atoms with Crippen molar-refractivity contribution < 1.29 is 14.4 Å². The largest absolute Gasteiger partial charge is 0.369 e. The van der Waals surface area contributed by atoms with Gasteiger partial charge in [0.15, 0.2) is 0 Å². The number of aromatic nitrogens is 2. The molecule has 1 atom stereocenters. The SMILES string of the molecule is NC(=O)C1CCN(c2nc3c(c(=O)[nH]2)C(C(=O)Nc2cccc(Cl)c2)CC(=O)N3)CC1. The fourth-order valence-corrected chi connectivity index (χ4v) is 4.09. The number of hydrogen-bond acceptors (Lipinski definition) is 6. The van der Waals surface area contributed by atoms with Gasteiger partial charge in [-0.15, -0.1) is 0 Å². The van der Waals surface area contributed by atoms with Gasteiger partial charge in [0.05, 0.1) is 11.5 Å². The quantitative estimate of drug-likeness (QED) is 0.556. The third kappa shape index (κ3) is 4.38. The van der Waals surface area contributed by atoms with Gasteiger partial charge in [-0.2, -0.15) is 4.98 Å². The Morgan fingerprint density at radius 2 is 1.97 bits per heavy atom. The predicted octanol–water partition coefficient (Wildman–Crippen LogP) is 1.19. The summed E-state index contributed by atoms with van der Waals surface area (Å²) in [6.07, 6.45) is 0.924. The average molecular weight is 445 g/mol. The average Bonchev–Trinajstić information content (AvgIpc) is 2.72. The minimum absolute atomic E-state index is 0.0678.